The van der Waals surface area contributed by atoms with Crippen molar-refractivity contribution >= 4 is 35.0 Å². The van der Waals surface area contributed by atoms with Gasteiger partial charge >= 0.3 is 0 Å². The van der Waals surface area contributed by atoms with Gasteiger partial charge in [-0.3, -0.25) is 15.5 Å². The molecule has 0 saturated heterocycles. The Bertz CT molecular complexity index is 481. The summed E-state index contributed by atoms with van der Waals surface area (Å²) in [7, 11) is 1.47. The first-order valence-electron chi connectivity index (χ1n) is 5.43. The largest absolute Gasteiger partial charge is 0.494 e. The van der Waals surface area contributed by atoms with E-state index < -0.39 is 10.7 Å². The summed E-state index contributed by atoms with van der Waals surface area (Å²) in [6.07, 6.45) is 1.21. The van der Waals surface area contributed by atoms with Crippen molar-refractivity contribution in [1.29, 1.82) is 5.41 Å². The van der Waals surface area contributed by atoms with Crippen molar-refractivity contribution in [1.82, 2.24) is 5.32 Å². The molecule has 1 aromatic rings. The minimum atomic E-state index is -0.832. The van der Waals surface area contributed by atoms with E-state index in [0.717, 1.165) is 12.0 Å². The fourth-order valence-corrected chi connectivity index (χ4v) is 2.38. The van der Waals surface area contributed by atoms with Crippen molar-refractivity contribution < 1.29 is 14.1 Å². The number of aliphatic hydroxyl groups excluding tert-OH is 1. The molecular formula is C12H16N2O3S2. The van der Waals surface area contributed by atoms with Crippen LogP contribution in [0.5, 0.6) is 0 Å². The number of thiophene rings is 1. The minimum absolute atomic E-state index is 0.144. The van der Waals surface area contributed by atoms with Crippen LogP contribution in [0, 0.1) is 5.41 Å². The number of amides is 1. The number of rotatable bonds is 6. The number of hydrogen-bond acceptors (Lipinski definition) is 6. The molecule has 0 bridgehead atoms. The van der Waals surface area contributed by atoms with E-state index in [9.17, 15) is 9.90 Å². The Labute approximate surface area is 120 Å². The van der Waals surface area contributed by atoms with Crippen molar-refractivity contribution in [3.63, 3.8) is 0 Å². The third-order valence-corrected chi connectivity index (χ3v) is 3.82. The van der Waals surface area contributed by atoms with Crippen LogP contribution in [0.25, 0.3) is 0 Å². The molecule has 19 heavy (non-hydrogen) atoms. The number of aliphatic hydroxyl groups is 1. The molecule has 1 heterocycles. The lowest BCUT2D eigenvalue weighted by Crippen LogP contribution is -2.39. The lowest BCUT2D eigenvalue weighted by atomic mass is 10.2. The molecule has 0 fully saturated rings. The first-order valence-corrected chi connectivity index (χ1v) is 7.05. The van der Waals surface area contributed by atoms with Crippen molar-refractivity contribution in [3.05, 3.63) is 34.3 Å². The smallest absolute Gasteiger partial charge is 0.244 e. The lowest BCUT2D eigenvalue weighted by molar-refractivity contribution is -0.122. The van der Waals surface area contributed by atoms with E-state index in [1.165, 1.54) is 24.5 Å². The molecule has 0 unspecified atom stereocenters. The van der Waals surface area contributed by atoms with Crippen LogP contribution in [-0.2, 0) is 8.98 Å². The van der Waals surface area contributed by atoms with Gasteiger partial charge < -0.3 is 9.29 Å². The van der Waals surface area contributed by atoms with Gasteiger partial charge in [-0.15, -0.1) is 11.3 Å². The third-order valence-electron chi connectivity index (χ3n) is 2.15. The molecule has 0 saturated carbocycles. The Balaban J connectivity index is 2.67. The van der Waals surface area contributed by atoms with E-state index in [2.05, 4.69) is 5.32 Å². The van der Waals surface area contributed by atoms with Crippen molar-refractivity contribution in [3.8, 4) is 0 Å². The quantitative estimate of drug-likeness (QED) is 0.428. The predicted molar refractivity (Wildman–Crippen MR) is 78.7 cm³/mol. The van der Waals surface area contributed by atoms with Crippen LogP contribution in [0.2, 0.25) is 0 Å². The SMILES string of the molecule is COSC(C)(C)C(=O)N/C(O)=C/C(=N)c1cccs1. The molecule has 1 aromatic heterocycles. The first kappa shape index (κ1) is 15.7. The molecule has 104 valence electrons. The monoisotopic (exact) mass is 300 g/mol. The van der Waals surface area contributed by atoms with E-state index in [4.69, 9.17) is 9.59 Å². The summed E-state index contributed by atoms with van der Waals surface area (Å²) < 4.78 is 4.03. The molecule has 0 aliphatic carbocycles. The molecule has 7 heteroatoms. The fraction of sp³-hybridized carbons (Fsp3) is 0.333. The number of nitrogens with one attached hydrogen (secondary N) is 2. The molecule has 0 radical (unpaired) electrons. The van der Waals surface area contributed by atoms with Crippen LogP contribution in [0.4, 0.5) is 0 Å². The highest BCUT2D eigenvalue weighted by molar-refractivity contribution is 7.96. The van der Waals surface area contributed by atoms with Gasteiger partial charge in [0, 0.05) is 18.1 Å². The molecule has 0 atom stereocenters. The zero-order chi connectivity index (χ0) is 14.5. The molecule has 3 N–H and O–H groups in total. The highest BCUT2D eigenvalue weighted by Crippen LogP contribution is 2.24. The van der Waals surface area contributed by atoms with Crippen LogP contribution in [-0.4, -0.2) is 28.6 Å². The summed E-state index contributed by atoms with van der Waals surface area (Å²) in [5.74, 6) is -0.750. The Morgan fingerprint density at radius 3 is 2.84 bits per heavy atom. The third kappa shape index (κ3) is 4.70. The van der Waals surface area contributed by atoms with Crippen LogP contribution >= 0.6 is 23.4 Å². The topological polar surface area (TPSA) is 82.4 Å². The summed E-state index contributed by atoms with van der Waals surface area (Å²) in [6.45, 7) is 3.35. The number of carbonyl (C=O) groups is 1. The second kappa shape index (κ2) is 6.74. The van der Waals surface area contributed by atoms with E-state index >= 15 is 0 Å². The Morgan fingerprint density at radius 1 is 1.63 bits per heavy atom. The summed E-state index contributed by atoms with van der Waals surface area (Å²) >= 11 is 2.39. The standard InChI is InChI=1S/C12H16N2O3S2/c1-12(2,19-17-3)11(16)14-10(15)7-8(13)9-5-4-6-18-9/h4-7,13,15H,1-3H3,(H,14,16)/b10-7-,13-8?. The molecule has 5 nitrogen and oxygen atoms in total. The van der Waals surface area contributed by atoms with E-state index in [0.29, 0.717) is 4.88 Å². The van der Waals surface area contributed by atoms with Gasteiger partial charge in [0.25, 0.3) is 0 Å². The molecule has 0 aliphatic rings. The molecule has 0 aromatic carbocycles. The van der Waals surface area contributed by atoms with Crippen molar-refractivity contribution in [2.24, 2.45) is 0 Å². The molecular weight excluding hydrogens is 284 g/mol. The first-order chi connectivity index (χ1) is 8.86. The predicted octanol–water partition coefficient (Wildman–Crippen LogP) is 2.70. The molecule has 1 amide bonds. The highest BCUT2D eigenvalue weighted by Gasteiger charge is 2.29. The summed E-state index contributed by atoms with van der Waals surface area (Å²) in [6, 6.07) is 3.58. The Kier molecular flexibility index (Phi) is 5.59. The van der Waals surface area contributed by atoms with E-state index in [1.54, 1.807) is 19.9 Å². The van der Waals surface area contributed by atoms with Gasteiger partial charge in [-0.2, -0.15) is 0 Å². The van der Waals surface area contributed by atoms with Crippen LogP contribution in [0.1, 0.15) is 18.7 Å². The van der Waals surface area contributed by atoms with Gasteiger partial charge in [-0.25, -0.2) is 0 Å². The summed E-state index contributed by atoms with van der Waals surface area (Å²) in [5, 5.41) is 21.6. The lowest BCUT2D eigenvalue weighted by Gasteiger charge is -2.20. The van der Waals surface area contributed by atoms with E-state index in [1.807, 2.05) is 11.4 Å². The maximum Gasteiger partial charge on any atom is 0.244 e. The fourth-order valence-electron chi connectivity index (χ4n) is 1.19. The molecule has 1 rings (SSSR count). The normalized spacial score (nSPS) is 12.3. The van der Waals surface area contributed by atoms with Gasteiger partial charge in [0.05, 0.1) is 17.7 Å². The average molecular weight is 300 g/mol. The zero-order valence-electron chi connectivity index (χ0n) is 10.9. The maximum absolute atomic E-state index is 11.9. The van der Waals surface area contributed by atoms with Gasteiger partial charge in [0.15, 0.2) is 5.88 Å². The van der Waals surface area contributed by atoms with Crippen LogP contribution in [0.15, 0.2) is 29.5 Å². The highest BCUT2D eigenvalue weighted by atomic mass is 32.2. The molecule has 0 spiro atoms. The average Bonchev–Trinajstić information content (AvgIpc) is 2.81. The van der Waals surface area contributed by atoms with Crippen molar-refractivity contribution in [2.75, 3.05) is 7.11 Å². The zero-order valence-corrected chi connectivity index (χ0v) is 12.5. The second-order valence-electron chi connectivity index (χ2n) is 4.13. The number of allylic oxidation sites excluding steroid dienone is 1. The minimum Gasteiger partial charge on any atom is -0.494 e. The van der Waals surface area contributed by atoms with Gasteiger partial charge in [-0.05, 0) is 25.3 Å². The van der Waals surface area contributed by atoms with Crippen LogP contribution in [0.3, 0.4) is 0 Å². The Morgan fingerprint density at radius 2 is 2.32 bits per heavy atom. The second-order valence-corrected chi connectivity index (χ2v) is 6.60. The summed E-state index contributed by atoms with van der Waals surface area (Å²) in [4.78, 5) is 12.6. The van der Waals surface area contributed by atoms with Gasteiger partial charge in [0.1, 0.15) is 4.75 Å². The maximum atomic E-state index is 11.9. The van der Waals surface area contributed by atoms with Crippen molar-refractivity contribution in [2.45, 2.75) is 18.6 Å². The van der Waals surface area contributed by atoms with Gasteiger partial charge in [-0.1, -0.05) is 6.07 Å². The summed E-state index contributed by atoms with van der Waals surface area (Å²) in [5.41, 5.74) is 0.144. The van der Waals surface area contributed by atoms with E-state index in [-0.39, 0.29) is 11.6 Å². The number of hydrogen-bond donors (Lipinski definition) is 3. The molecule has 0 aliphatic heterocycles. The van der Waals surface area contributed by atoms with Gasteiger partial charge in [0.2, 0.25) is 5.91 Å². The van der Waals surface area contributed by atoms with Crippen LogP contribution < -0.4 is 5.32 Å². The Hall–Kier alpha value is -1.31. The number of carbonyl (C=O) groups excluding carboxylic acids is 1.